The summed E-state index contributed by atoms with van der Waals surface area (Å²) >= 11 is 6.78. The molecule has 1 spiro atoms. The smallest absolute Gasteiger partial charge is 0.253 e. The second kappa shape index (κ2) is 11.8. The van der Waals surface area contributed by atoms with Crippen molar-refractivity contribution < 1.29 is 18.7 Å². The van der Waals surface area contributed by atoms with Crippen LogP contribution in [0.4, 0.5) is 4.39 Å². The number of hydrogen-bond donors (Lipinski definition) is 0. The van der Waals surface area contributed by atoms with Crippen molar-refractivity contribution in [2.45, 2.75) is 56.9 Å². The van der Waals surface area contributed by atoms with Crippen LogP contribution in [0, 0.1) is 5.82 Å². The first-order valence-electron chi connectivity index (χ1n) is 15.5. The summed E-state index contributed by atoms with van der Waals surface area (Å²) in [6, 6.07) is 19.9. The summed E-state index contributed by atoms with van der Waals surface area (Å²) < 4.78 is 18.9. The number of nitrogens with zero attached hydrogens (tertiary/aromatic N) is 3. The van der Waals surface area contributed by atoms with Crippen LogP contribution >= 0.6 is 11.6 Å². The fourth-order valence-corrected chi connectivity index (χ4v) is 7.62. The third kappa shape index (κ3) is 5.43. The average molecular weight is 612 g/mol. The maximum Gasteiger partial charge on any atom is 0.253 e. The Morgan fingerprint density at radius 3 is 2.55 bits per heavy atom. The van der Waals surface area contributed by atoms with E-state index in [-0.39, 0.29) is 36.1 Å². The maximum absolute atomic E-state index is 13.7. The molecule has 0 radical (unpaired) electrons. The molecular formula is C36H35ClFN3O3. The normalized spacial score (nSPS) is 17.3. The first-order chi connectivity index (χ1) is 21.4. The third-order valence-electron chi connectivity index (χ3n) is 9.64. The number of halogens is 2. The van der Waals surface area contributed by atoms with Crippen LogP contribution in [0.2, 0.25) is 5.02 Å². The fourth-order valence-electron chi connectivity index (χ4n) is 7.26. The zero-order chi connectivity index (χ0) is 30.3. The van der Waals surface area contributed by atoms with Gasteiger partial charge >= 0.3 is 0 Å². The number of likely N-dealkylation sites (tertiary alicyclic amines) is 1. The minimum atomic E-state index is -0.323. The minimum Gasteiger partial charge on any atom is -0.493 e. The van der Waals surface area contributed by atoms with Crippen LogP contribution in [0.25, 0.3) is 10.9 Å². The average Bonchev–Trinajstić information content (AvgIpc) is 3.05. The van der Waals surface area contributed by atoms with Crippen molar-refractivity contribution in [1.29, 1.82) is 0 Å². The van der Waals surface area contributed by atoms with E-state index < -0.39 is 0 Å². The highest BCUT2D eigenvalue weighted by molar-refractivity contribution is 6.36. The molecule has 1 saturated heterocycles. The number of fused-ring (bicyclic) bond motifs is 4. The van der Waals surface area contributed by atoms with Gasteiger partial charge in [-0.3, -0.25) is 14.6 Å². The molecule has 226 valence electrons. The van der Waals surface area contributed by atoms with Gasteiger partial charge in [-0.25, -0.2) is 4.39 Å². The monoisotopic (exact) mass is 611 g/mol. The van der Waals surface area contributed by atoms with E-state index in [1.807, 2.05) is 34.1 Å². The van der Waals surface area contributed by atoms with Gasteiger partial charge in [0.15, 0.2) is 0 Å². The van der Waals surface area contributed by atoms with E-state index in [4.69, 9.17) is 21.3 Å². The molecule has 2 aliphatic heterocycles. The lowest BCUT2D eigenvalue weighted by Gasteiger charge is -2.48. The second-order valence-corrected chi connectivity index (χ2v) is 12.7. The molecule has 4 aromatic rings. The molecule has 6 nitrogen and oxygen atoms in total. The molecule has 1 aromatic heterocycles. The Morgan fingerprint density at radius 1 is 0.955 bits per heavy atom. The van der Waals surface area contributed by atoms with Crippen molar-refractivity contribution in [1.82, 2.24) is 14.8 Å². The van der Waals surface area contributed by atoms with Gasteiger partial charge in [-0.2, -0.15) is 0 Å². The van der Waals surface area contributed by atoms with Crippen LogP contribution in [0.15, 0.2) is 66.7 Å². The van der Waals surface area contributed by atoms with Crippen LogP contribution in [0.3, 0.4) is 0 Å². The summed E-state index contributed by atoms with van der Waals surface area (Å²) in [6.07, 6.45) is 5.93. The number of pyridine rings is 1. The molecule has 3 aromatic carbocycles. The number of hydrogen-bond acceptors (Lipinski definition) is 4. The Labute approximate surface area is 261 Å². The molecule has 0 N–H and O–H groups in total. The molecule has 7 rings (SSSR count). The van der Waals surface area contributed by atoms with Gasteiger partial charge < -0.3 is 14.5 Å². The summed E-state index contributed by atoms with van der Waals surface area (Å²) in [7, 11) is 0. The van der Waals surface area contributed by atoms with Crippen LogP contribution in [0.1, 0.15) is 64.8 Å². The Balaban J connectivity index is 1.05. The van der Waals surface area contributed by atoms with Crippen molar-refractivity contribution in [3.63, 3.8) is 0 Å². The predicted molar refractivity (Wildman–Crippen MR) is 169 cm³/mol. The predicted octanol–water partition coefficient (Wildman–Crippen LogP) is 6.89. The molecule has 0 atom stereocenters. The number of benzene rings is 3. The SMILES string of the molecule is O=C(CCOc1ccc(F)cc1)N1Cc2ccccc2C2(CCN(C(=O)c3ccc4c(Cl)c5c(nc4c3)CCCC5)CC2)C1. The van der Waals surface area contributed by atoms with E-state index >= 15 is 0 Å². The van der Waals surface area contributed by atoms with Crippen LogP contribution in [-0.4, -0.2) is 52.8 Å². The van der Waals surface area contributed by atoms with Gasteiger partial charge in [-0.15, -0.1) is 0 Å². The lowest BCUT2D eigenvalue weighted by atomic mass is 9.68. The highest BCUT2D eigenvalue weighted by Gasteiger charge is 2.43. The second-order valence-electron chi connectivity index (χ2n) is 12.3. The topological polar surface area (TPSA) is 62.7 Å². The van der Waals surface area contributed by atoms with Gasteiger partial charge in [0.1, 0.15) is 11.6 Å². The largest absolute Gasteiger partial charge is 0.493 e. The molecule has 0 unspecified atom stereocenters. The van der Waals surface area contributed by atoms with Gasteiger partial charge in [0.05, 0.1) is 23.6 Å². The van der Waals surface area contributed by atoms with E-state index in [9.17, 15) is 14.0 Å². The molecule has 0 bridgehead atoms. The molecule has 2 amide bonds. The van der Waals surface area contributed by atoms with Gasteiger partial charge in [0, 0.05) is 48.2 Å². The number of piperidine rings is 1. The van der Waals surface area contributed by atoms with Crippen LogP contribution < -0.4 is 4.74 Å². The zero-order valence-electron chi connectivity index (χ0n) is 24.7. The summed E-state index contributed by atoms with van der Waals surface area (Å²) in [6.45, 7) is 2.63. The highest BCUT2D eigenvalue weighted by Crippen LogP contribution is 2.42. The van der Waals surface area contributed by atoms with E-state index in [1.54, 1.807) is 12.1 Å². The molecule has 3 heterocycles. The summed E-state index contributed by atoms with van der Waals surface area (Å²) in [5.41, 5.74) is 5.88. The Bertz CT molecular complexity index is 1730. The van der Waals surface area contributed by atoms with Crippen molar-refractivity contribution in [3.05, 3.63) is 106 Å². The molecular weight excluding hydrogens is 577 g/mol. The van der Waals surface area contributed by atoms with Crippen molar-refractivity contribution in [3.8, 4) is 5.75 Å². The van der Waals surface area contributed by atoms with Crippen LogP contribution in [0.5, 0.6) is 5.75 Å². The Hall–Kier alpha value is -3.97. The number of amides is 2. The number of carbonyl (C=O) groups is 2. The van der Waals surface area contributed by atoms with Crippen molar-refractivity contribution in [2.75, 3.05) is 26.2 Å². The number of ether oxygens (including phenoxy) is 1. The van der Waals surface area contributed by atoms with E-state index in [0.29, 0.717) is 37.5 Å². The number of aromatic nitrogens is 1. The lowest BCUT2D eigenvalue weighted by molar-refractivity contribution is -0.134. The maximum atomic E-state index is 13.7. The quantitative estimate of drug-likeness (QED) is 0.247. The minimum absolute atomic E-state index is 0.00682. The first-order valence-corrected chi connectivity index (χ1v) is 15.9. The molecule has 8 heteroatoms. The molecule has 1 fully saturated rings. The summed E-state index contributed by atoms with van der Waals surface area (Å²) in [5.74, 6) is 0.258. The van der Waals surface area contributed by atoms with Crippen LogP contribution in [-0.2, 0) is 29.6 Å². The molecule has 1 aliphatic carbocycles. The number of aryl methyl sites for hydroxylation is 1. The lowest BCUT2D eigenvalue weighted by Crippen LogP contribution is -2.54. The third-order valence-corrected chi connectivity index (χ3v) is 10.1. The molecule has 44 heavy (non-hydrogen) atoms. The van der Waals surface area contributed by atoms with E-state index in [0.717, 1.165) is 71.3 Å². The summed E-state index contributed by atoms with van der Waals surface area (Å²) in [4.78, 5) is 35.9. The fraction of sp³-hybridized carbons (Fsp3) is 0.361. The van der Waals surface area contributed by atoms with Gasteiger partial charge in [0.2, 0.25) is 5.91 Å². The molecule has 3 aliphatic rings. The number of carbonyl (C=O) groups excluding carboxylic acids is 2. The first kappa shape index (κ1) is 28.8. The van der Waals surface area contributed by atoms with Gasteiger partial charge in [0.25, 0.3) is 5.91 Å². The van der Waals surface area contributed by atoms with Gasteiger partial charge in [-0.1, -0.05) is 41.9 Å². The van der Waals surface area contributed by atoms with Crippen molar-refractivity contribution >= 4 is 34.3 Å². The Kier molecular flexibility index (Phi) is 7.75. The standard InChI is InChI=1S/C36H35ClFN3O3/c37-34-28-6-2-4-8-31(28)39-32-21-24(9-14-29(32)34)35(43)40-18-16-36(17-19-40)23-41(22-25-5-1-3-7-30(25)36)33(42)15-20-44-27-12-10-26(38)11-13-27/h1,3,5,7,9-14,21H,2,4,6,8,15-20,22-23H2. The zero-order valence-corrected chi connectivity index (χ0v) is 25.4. The van der Waals surface area contributed by atoms with Gasteiger partial charge in [-0.05, 0) is 91.6 Å². The number of rotatable bonds is 5. The highest BCUT2D eigenvalue weighted by atomic mass is 35.5. The van der Waals surface area contributed by atoms with E-state index in [2.05, 4.69) is 18.2 Å². The van der Waals surface area contributed by atoms with E-state index in [1.165, 1.54) is 17.7 Å². The molecule has 0 saturated carbocycles. The Morgan fingerprint density at radius 2 is 1.73 bits per heavy atom. The summed E-state index contributed by atoms with van der Waals surface area (Å²) in [5, 5.41) is 1.69. The van der Waals surface area contributed by atoms with Crippen molar-refractivity contribution in [2.24, 2.45) is 0 Å².